The maximum absolute atomic E-state index is 11.9. The number of hydrogen-bond acceptors (Lipinski definition) is 4. The van der Waals surface area contributed by atoms with E-state index in [4.69, 9.17) is 5.26 Å². The fourth-order valence-electron chi connectivity index (χ4n) is 2.21. The maximum atomic E-state index is 11.9. The molecule has 5 heteroatoms. The van der Waals surface area contributed by atoms with Crippen LogP contribution >= 0.6 is 0 Å². The summed E-state index contributed by atoms with van der Waals surface area (Å²) in [6.07, 6.45) is 0.702. The van der Waals surface area contributed by atoms with E-state index in [1.54, 1.807) is 30.3 Å². The third-order valence-corrected chi connectivity index (χ3v) is 3.54. The van der Waals surface area contributed by atoms with E-state index in [0.717, 1.165) is 0 Å². The van der Waals surface area contributed by atoms with Gasteiger partial charge in [-0.2, -0.15) is 5.26 Å². The number of rotatable bonds is 7. The van der Waals surface area contributed by atoms with Gasteiger partial charge in [0.2, 0.25) is 0 Å². The molecule has 0 fully saturated rings. The van der Waals surface area contributed by atoms with E-state index in [1.165, 1.54) is 6.92 Å². The zero-order valence-corrected chi connectivity index (χ0v) is 13.5. The van der Waals surface area contributed by atoms with Crippen LogP contribution in [0, 0.1) is 11.3 Å². The van der Waals surface area contributed by atoms with Gasteiger partial charge in [0.1, 0.15) is 6.07 Å². The van der Waals surface area contributed by atoms with Crippen LogP contribution in [0.1, 0.15) is 39.6 Å². The first-order valence-electron chi connectivity index (χ1n) is 7.74. The molecule has 2 N–H and O–H groups in total. The molecule has 122 valence electrons. The highest BCUT2D eigenvalue weighted by Gasteiger charge is 2.06. The summed E-state index contributed by atoms with van der Waals surface area (Å²) in [6, 6.07) is 16.1. The van der Waals surface area contributed by atoms with E-state index in [1.807, 2.05) is 18.2 Å². The molecule has 2 rings (SSSR count). The minimum atomic E-state index is -0.105. The summed E-state index contributed by atoms with van der Waals surface area (Å²) in [5.74, 6) is -0.149. The topological polar surface area (TPSA) is 82.0 Å². The van der Waals surface area contributed by atoms with Gasteiger partial charge in [0.25, 0.3) is 5.91 Å². The van der Waals surface area contributed by atoms with Crippen LogP contribution in [-0.2, 0) is 0 Å². The van der Waals surface area contributed by atoms with Gasteiger partial charge >= 0.3 is 0 Å². The maximum Gasteiger partial charge on any atom is 0.251 e. The lowest BCUT2D eigenvalue weighted by molar-refractivity contribution is 0.0952. The van der Waals surface area contributed by atoms with Crippen molar-refractivity contribution in [2.24, 2.45) is 0 Å². The number of benzene rings is 2. The number of carbonyl (C=O) groups excluding carboxylic acids is 2. The number of nitrogens with one attached hydrogen (secondary N) is 2. The molecule has 0 aliphatic carbocycles. The van der Waals surface area contributed by atoms with Gasteiger partial charge in [-0.25, -0.2) is 0 Å². The van der Waals surface area contributed by atoms with Gasteiger partial charge in [-0.1, -0.05) is 18.2 Å². The van der Waals surface area contributed by atoms with Crippen molar-refractivity contribution in [3.63, 3.8) is 0 Å². The molecule has 1 amide bonds. The van der Waals surface area contributed by atoms with Crippen molar-refractivity contribution in [3.05, 3.63) is 65.2 Å². The van der Waals surface area contributed by atoms with Crippen molar-refractivity contribution in [2.45, 2.75) is 13.3 Å². The van der Waals surface area contributed by atoms with Crippen LogP contribution in [0.2, 0.25) is 0 Å². The molecule has 2 aromatic rings. The minimum Gasteiger partial charge on any atom is -0.384 e. The van der Waals surface area contributed by atoms with E-state index in [-0.39, 0.29) is 11.7 Å². The number of hydrogen-bond donors (Lipinski definition) is 2. The fourth-order valence-corrected chi connectivity index (χ4v) is 2.21. The standard InChI is InChI=1S/C19H19N3O2/c1-14(23)16-8-9-17(13-20)18(12-16)21-10-5-11-22-19(24)15-6-3-2-4-7-15/h2-4,6-9,12,21H,5,10-11H2,1H3,(H,22,24). The summed E-state index contributed by atoms with van der Waals surface area (Å²) in [6.45, 7) is 2.60. The van der Waals surface area contributed by atoms with Gasteiger partial charge in [0.05, 0.1) is 11.3 Å². The summed E-state index contributed by atoms with van der Waals surface area (Å²) < 4.78 is 0. The Morgan fingerprint density at radius 3 is 2.46 bits per heavy atom. The Bertz CT molecular complexity index is 764. The molecule has 0 saturated heterocycles. The van der Waals surface area contributed by atoms with Crippen LogP contribution < -0.4 is 10.6 Å². The molecule has 24 heavy (non-hydrogen) atoms. The van der Waals surface area contributed by atoms with Crippen LogP contribution in [-0.4, -0.2) is 24.8 Å². The Kier molecular flexibility index (Phi) is 6.09. The Balaban J connectivity index is 1.82. The zero-order chi connectivity index (χ0) is 17.4. The first kappa shape index (κ1) is 17.2. The first-order valence-corrected chi connectivity index (χ1v) is 7.74. The molecule has 0 saturated carbocycles. The Hall–Kier alpha value is -3.13. The molecule has 0 unspecified atom stereocenters. The normalized spacial score (nSPS) is 9.83. The second kappa shape index (κ2) is 8.49. The van der Waals surface area contributed by atoms with Gasteiger partial charge in [0, 0.05) is 24.2 Å². The largest absolute Gasteiger partial charge is 0.384 e. The van der Waals surface area contributed by atoms with Gasteiger partial charge < -0.3 is 10.6 Å². The highest BCUT2D eigenvalue weighted by Crippen LogP contribution is 2.17. The lowest BCUT2D eigenvalue weighted by Gasteiger charge is -2.10. The van der Waals surface area contributed by atoms with Crippen molar-refractivity contribution < 1.29 is 9.59 Å². The average molecular weight is 321 g/mol. The van der Waals surface area contributed by atoms with Crippen LogP contribution in [0.25, 0.3) is 0 Å². The van der Waals surface area contributed by atoms with E-state index >= 15 is 0 Å². The summed E-state index contributed by atoms with van der Waals surface area (Å²) >= 11 is 0. The summed E-state index contributed by atoms with van der Waals surface area (Å²) in [5.41, 5.74) is 2.33. The van der Waals surface area contributed by atoms with Crippen LogP contribution in [0.3, 0.4) is 0 Å². The van der Waals surface area contributed by atoms with Crippen molar-refractivity contribution in [2.75, 3.05) is 18.4 Å². The molecule has 0 aromatic heterocycles. The molecular weight excluding hydrogens is 302 g/mol. The molecule has 5 nitrogen and oxygen atoms in total. The van der Waals surface area contributed by atoms with Crippen LogP contribution in [0.15, 0.2) is 48.5 Å². The smallest absolute Gasteiger partial charge is 0.251 e. The molecule has 0 heterocycles. The molecule has 0 atom stereocenters. The number of amides is 1. The van der Waals surface area contributed by atoms with Crippen molar-refractivity contribution in [1.82, 2.24) is 5.32 Å². The summed E-state index contributed by atoms with van der Waals surface area (Å²) in [4.78, 5) is 23.3. The molecule has 0 radical (unpaired) electrons. The minimum absolute atomic E-state index is 0.0438. The van der Waals surface area contributed by atoms with Crippen molar-refractivity contribution in [1.29, 1.82) is 5.26 Å². The number of ketones is 1. The highest BCUT2D eigenvalue weighted by atomic mass is 16.1. The van der Waals surface area contributed by atoms with E-state index in [2.05, 4.69) is 16.7 Å². The predicted octanol–water partition coefficient (Wildman–Crippen LogP) is 2.99. The quantitative estimate of drug-likeness (QED) is 0.607. The fraction of sp³-hybridized carbons (Fsp3) is 0.211. The molecule has 0 aliphatic heterocycles. The number of carbonyl (C=O) groups is 2. The second-order valence-corrected chi connectivity index (χ2v) is 5.33. The van der Waals surface area contributed by atoms with Gasteiger partial charge in [0.15, 0.2) is 5.78 Å². The number of nitrogens with zero attached hydrogens (tertiary/aromatic N) is 1. The molecule has 0 aliphatic rings. The Labute approximate surface area is 141 Å². The summed E-state index contributed by atoms with van der Waals surface area (Å²) in [5, 5.41) is 15.1. The van der Waals surface area contributed by atoms with Gasteiger partial charge in [-0.3, -0.25) is 9.59 Å². The third kappa shape index (κ3) is 4.68. The number of Topliss-reactive ketones (excluding diaryl/α,β-unsaturated/α-hetero) is 1. The second-order valence-electron chi connectivity index (χ2n) is 5.33. The van der Waals surface area contributed by atoms with Crippen molar-refractivity contribution >= 4 is 17.4 Å². The van der Waals surface area contributed by atoms with Crippen LogP contribution in [0.4, 0.5) is 5.69 Å². The van der Waals surface area contributed by atoms with Crippen molar-refractivity contribution in [3.8, 4) is 6.07 Å². The monoisotopic (exact) mass is 321 g/mol. The molecular formula is C19H19N3O2. The Morgan fingerprint density at radius 1 is 1.04 bits per heavy atom. The first-order chi connectivity index (χ1) is 11.6. The highest BCUT2D eigenvalue weighted by molar-refractivity contribution is 5.95. The predicted molar refractivity (Wildman–Crippen MR) is 93.0 cm³/mol. The summed E-state index contributed by atoms with van der Waals surface area (Å²) in [7, 11) is 0. The zero-order valence-electron chi connectivity index (χ0n) is 13.5. The molecule has 0 bridgehead atoms. The average Bonchev–Trinajstić information content (AvgIpc) is 2.61. The molecule has 0 spiro atoms. The van der Waals surface area contributed by atoms with E-state index in [9.17, 15) is 9.59 Å². The lowest BCUT2D eigenvalue weighted by Crippen LogP contribution is -2.25. The van der Waals surface area contributed by atoms with Gasteiger partial charge in [-0.05, 0) is 43.7 Å². The SMILES string of the molecule is CC(=O)c1ccc(C#N)c(NCCCNC(=O)c2ccccc2)c1. The Morgan fingerprint density at radius 2 is 1.79 bits per heavy atom. The van der Waals surface area contributed by atoms with Gasteiger partial charge in [-0.15, -0.1) is 0 Å². The van der Waals surface area contributed by atoms with E-state index < -0.39 is 0 Å². The lowest BCUT2D eigenvalue weighted by atomic mass is 10.1. The number of anilines is 1. The third-order valence-electron chi connectivity index (χ3n) is 3.54. The molecule has 2 aromatic carbocycles. The number of nitriles is 1. The van der Waals surface area contributed by atoms with Crippen LogP contribution in [0.5, 0.6) is 0 Å². The van der Waals surface area contributed by atoms with E-state index in [0.29, 0.717) is 41.9 Å².